The standard InChI is InChI=1S/C17H27FN2/c1-12(2)19-16-8-9-20(13(3)4)17(11-16)14-6-5-7-15(18)10-14/h5-7,10,12-13,16-17,19H,8-9,11H2,1-4H3/t16-,17+/m1/s1. The number of nitrogens with one attached hydrogen (secondary N) is 1. The Kier molecular flexibility index (Phi) is 5.17. The van der Waals surface area contributed by atoms with Crippen LogP contribution in [0, 0.1) is 5.82 Å². The van der Waals surface area contributed by atoms with Crippen molar-refractivity contribution in [2.75, 3.05) is 6.54 Å². The van der Waals surface area contributed by atoms with Crippen LogP contribution in [0.3, 0.4) is 0 Å². The summed E-state index contributed by atoms with van der Waals surface area (Å²) in [5.74, 6) is -0.134. The van der Waals surface area contributed by atoms with Crippen LogP contribution in [0.15, 0.2) is 24.3 Å². The second kappa shape index (κ2) is 6.68. The number of rotatable bonds is 4. The van der Waals surface area contributed by atoms with E-state index in [0.29, 0.717) is 24.2 Å². The van der Waals surface area contributed by atoms with Gasteiger partial charge in [-0.15, -0.1) is 0 Å². The number of piperidine rings is 1. The molecule has 0 aliphatic carbocycles. The van der Waals surface area contributed by atoms with Crippen molar-refractivity contribution in [2.45, 2.75) is 64.7 Å². The molecule has 0 bridgehead atoms. The van der Waals surface area contributed by atoms with Gasteiger partial charge in [-0.2, -0.15) is 0 Å². The first-order valence-electron chi connectivity index (χ1n) is 7.74. The van der Waals surface area contributed by atoms with Gasteiger partial charge in [0.15, 0.2) is 0 Å². The molecule has 2 atom stereocenters. The molecule has 20 heavy (non-hydrogen) atoms. The molecule has 1 heterocycles. The van der Waals surface area contributed by atoms with Gasteiger partial charge in [0.25, 0.3) is 0 Å². The van der Waals surface area contributed by atoms with Gasteiger partial charge in [-0.05, 0) is 44.4 Å². The zero-order chi connectivity index (χ0) is 14.7. The Morgan fingerprint density at radius 3 is 2.60 bits per heavy atom. The smallest absolute Gasteiger partial charge is 0.123 e. The van der Waals surface area contributed by atoms with E-state index >= 15 is 0 Å². The van der Waals surface area contributed by atoms with Crippen molar-refractivity contribution in [3.8, 4) is 0 Å². The lowest BCUT2D eigenvalue weighted by molar-refractivity contribution is 0.0902. The highest BCUT2D eigenvalue weighted by atomic mass is 19.1. The number of hydrogen-bond acceptors (Lipinski definition) is 2. The Balaban J connectivity index is 2.18. The van der Waals surface area contributed by atoms with Crippen LogP contribution < -0.4 is 5.32 Å². The van der Waals surface area contributed by atoms with Crippen LogP contribution in [0.1, 0.15) is 52.1 Å². The maximum absolute atomic E-state index is 13.5. The van der Waals surface area contributed by atoms with Gasteiger partial charge in [0, 0.05) is 30.7 Å². The van der Waals surface area contributed by atoms with Crippen LogP contribution in [-0.2, 0) is 0 Å². The minimum absolute atomic E-state index is 0.134. The molecule has 1 aromatic carbocycles. The third-order valence-electron chi connectivity index (χ3n) is 4.11. The second-order valence-electron chi connectivity index (χ2n) is 6.45. The molecule has 3 heteroatoms. The molecule has 1 N–H and O–H groups in total. The van der Waals surface area contributed by atoms with Crippen molar-refractivity contribution in [1.82, 2.24) is 10.2 Å². The van der Waals surface area contributed by atoms with E-state index in [-0.39, 0.29) is 5.82 Å². The maximum atomic E-state index is 13.5. The van der Waals surface area contributed by atoms with Crippen molar-refractivity contribution in [3.05, 3.63) is 35.6 Å². The average Bonchev–Trinajstić information content (AvgIpc) is 2.37. The predicted octanol–water partition coefficient (Wildman–Crippen LogP) is 3.74. The molecule has 0 spiro atoms. The highest BCUT2D eigenvalue weighted by molar-refractivity contribution is 5.21. The van der Waals surface area contributed by atoms with E-state index in [2.05, 4.69) is 44.0 Å². The fourth-order valence-corrected chi connectivity index (χ4v) is 3.27. The molecule has 0 aromatic heterocycles. The fraction of sp³-hybridized carbons (Fsp3) is 0.647. The maximum Gasteiger partial charge on any atom is 0.123 e. The average molecular weight is 278 g/mol. The van der Waals surface area contributed by atoms with E-state index in [0.717, 1.165) is 18.5 Å². The van der Waals surface area contributed by atoms with Crippen LogP contribution >= 0.6 is 0 Å². The fourth-order valence-electron chi connectivity index (χ4n) is 3.27. The number of hydrogen-bond donors (Lipinski definition) is 1. The summed E-state index contributed by atoms with van der Waals surface area (Å²) in [5, 5.41) is 3.64. The van der Waals surface area contributed by atoms with E-state index in [4.69, 9.17) is 0 Å². The first-order valence-corrected chi connectivity index (χ1v) is 7.74. The number of benzene rings is 1. The highest BCUT2D eigenvalue weighted by Gasteiger charge is 2.31. The summed E-state index contributed by atoms with van der Waals surface area (Å²) in [6.45, 7) is 9.90. The molecule has 0 radical (unpaired) electrons. The van der Waals surface area contributed by atoms with Gasteiger partial charge in [0.2, 0.25) is 0 Å². The van der Waals surface area contributed by atoms with Gasteiger partial charge in [-0.1, -0.05) is 26.0 Å². The Hall–Kier alpha value is -0.930. The number of likely N-dealkylation sites (tertiary alicyclic amines) is 1. The van der Waals surface area contributed by atoms with Crippen LogP contribution in [0.4, 0.5) is 4.39 Å². The third-order valence-corrected chi connectivity index (χ3v) is 4.11. The van der Waals surface area contributed by atoms with E-state index in [1.165, 1.54) is 12.5 Å². The zero-order valence-electron chi connectivity index (χ0n) is 13.1. The Morgan fingerprint density at radius 2 is 2.00 bits per heavy atom. The lowest BCUT2D eigenvalue weighted by Crippen LogP contribution is -2.48. The molecule has 2 nitrogen and oxygen atoms in total. The third kappa shape index (κ3) is 3.80. The molecule has 1 aliphatic heterocycles. The van der Waals surface area contributed by atoms with Gasteiger partial charge in [0.05, 0.1) is 0 Å². The lowest BCUT2D eigenvalue weighted by atomic mass is 9.90. The molecule has 1 aromatic rings. The highest BCUT2D eigenvalue weighted by Crippen LogP contribution is 2.33. The summed E-state index contributed by atoms with van der Waals surface area (Å²) in [6.07, 6.45) is 2.22. The SMILES string of the molecule is CC(C)N[C@@H]1CCN(C(C)C)[C@H](c2cccc(F)c2)C1. The molecule has 1 aliphatic rings. The van der Waals surface area contributed by atoms with Crippen molar-refractivity contribution < 1.29 is 4.39 Å². The summed E-state index contributed by atoms with van der Waals surface area (Å²) < 4.78 is 13.5. The summed E-state index contributed by atoms with van der Waals surface area (Å²) >= 11 is 0. The van der Waals surface area contributed by atoms with Gasteiger partial charge in [-0.3, -0.25) is 4.90 Å². The first kappa shape index (κ1) is 15.5. The van der Waals surface area contributed by atoms with Crippen molar-refractivity contribution in [1.29, 1.82) is 0 Å². The minimum atomic E-state index is -0.134. The summed E-state index contributed by atoms with van der Waals surface area (Å²) in [6, 6.07) is 8.92. The topological polar surface area (TPSA) is 15.3 Å². The molecule has 1 saturated heterocycles. The van der Waals surface area contributed by atoms with E-state index in [1.54, 1.807) is 6.07 Å². The molecule has 112 valence electrons. The van der Waals surface area contributed by atoms with Gasteiger partial charge in [-0.25, -0.2) is 4.39 Å². The monoisotopic (exact) mass is 278 g/mol. The number of nitrogens with zero attached hydrogens (tertiary/aromatic N) is 1. The summed E-state index contributed by atoms with van der Waals surface area (Å²) in [7, 11) is 0. The molecule has 0 amide bonds. The largest absolute Gasteiger partial charge is 0.312 e. The van der Waals surface area contributed by atoms with Gasteiger partial charge >= 0.3 is 0 Å². The molecule has 0 saturated carbocycles. The zero-order valence-corrected chi connectivity index (χ0v) is 13.1. The van der Waals surface area contributed by atoms with E-state index < -0.39 is 0 Å². The molecular weight excluding hydrogens is 251 g/mol. The minimum Gasteiger partial charge on any atom is -0.312 e. The van der Waals surface area contributed by atoms with Crippen LogP contribution in [-0.4, -0.2) is 29.6 Å². The van der Waals surface area contributed by atoms with Crippen LogP contribution in [0.5, 0.6) is 0 Å². The molecular formula is C17H27FN2. The van der Waals surface area contributed by atoms with Crippen LogP contribution in [0.25, 0.3) is 0 Å². The Morgan fingerprint density at radius 1 is 1.25 bits per heavy atom. The van der Waals surface area contributed by atoms with Crippen LogP contribution in [0.2, 0.25) is 0 Å². The normalized spacial score (nSPS) is 24.6. The summed E-state index contributed by atoms with van der Waals surface area (Å²) in [5.41, 5.74) is 1.11. The summed E-state index contributed by atoms with van der Waals surface area (Å²) in [4.78, 5) is 2.49. The first-order chi connectivity index (χ1) is 9.47. The molecule has 0 unspecified atom stereocenters. The molecule has 2 rings (SSSR count). The lowest BCUT2D eigenvalue weighted by Gasteiger charge is -2.43. The van der Waals surface area contributed by atoms with Gasteiger partial charge in [0.1, 0.15) is 5.82 Å². The predicted molar refractivity (Wildman–Crippen MR) is 82.3 cm³/mol. The number of halogens is 1. The van der Waals surface area contributed by atoms with E-state index in [9.17, 15) is 4.39 Å². The van der Waals surface area contributed by atoms with Gasteiger partial charge < -0.3 is 5.32 Å². The van der Waals surface area contributed by atoms with Crippen molar-refractivity contribution in [3.63, 3.8) is 0 Å². The molecule has 1 fully saturated rings. The second-order valence-corrected chi connectivity index (χ2v) is 6.45. The van der Waals surface area contributed by atoms with E-state index in [1.807, 2.05) is 6.07 Å². The van der Waals surface area contributed by atoms with Crippen molar-refractivity contribution in [2.24, 2.45) is 0 Å². The Labute approximate surface area is 122 Å². The Bertz CT molecular complexity index is 431. The van der Waals surface area contributed by atoms with Crippen molar-refractivity contribution >= 4 is 0 Å². The quantitative estimate of drug-likeness (QED) is 0.902.